The maximum absolute atomic E-state index is 14.1. The summed E-state index contributed by atoms with van der Waals surface area (Å²) in [6.07, 6.45) is 1.58. The molecule has 2 aromatic carbocycles. The van der Waals surface area contributed by atoms with Gasteiger partial charge in [-0.05, 0) is 55.7 Å². The van der Waals surface area contributed by atoms with E-state index in [2.05, 4.69) is 5.32 Å². The number of hydrogen-bond acceptors (Lipinski definition) is 3. The summed E-state index contributed by atoms with van der Waals surface area (Å²) >= 11 is 1.45. The Bertz CT molecular complexity index is 791. The number of thioether (sulfide) groups is 1. The van der Waals surface area contributed by atoms with Gasteiger partial charge < -0.3 is 10.1 Å². The number of rotatable bonds is 7. The van der Waals surface area contributed by atoms with E-state index in [1.165, 1.54) is 23.9 Å². The van der Waals surface area contributed by atoms with Crippen molar-refractivity contribution >= 4 is 17.7 Å². The minimum atomic E-state index is -0.587. The highest BCUT2D eigenvalue weighted by Crippen LogP contribution is 2.48. The molecule has 0 radical (unpaired) electrons. The largest absolute Gasteiger partial charge is 0.497 e. The second-order valence-corrected chi connectivity index (χ2v) is 7.97. The van der Waals surface area contributed by atoms with Crippen molar-refractivity contribution in [2.75, 3.05) is 13.7 Å². The van der Waals surface area contributed by atoms with Gasteiger partial charge in [0.05, 0.1) is 12.4 Å². The van der Waals surface area contributed by atoms with Crippen molar-refractivity contribution in [3.8, 4) is 5.75 Å². The molecule has 2 aromatic rings. The van der Waals surface area contributed by atoms with Crippen molar-refractivity contribution in [2.45, 2.75) is 35.3 Å². The molecule has 0 bridgehead atoms. The molecule has 26 heavy (non-hydrogen) atoms. The normalized spacial score (nSPS) is 16.0. The maximum Gasteiger partial charge on any atom is 0.233 e. The Labute approximate surface area is 156 Å². The molecule has 3 nitrogen and oxygen atoms in total. The topological polar surface area (TPSA) is 38.3 Å². The molecule has 0 aliphatic heterocycles. The molecule has 6 heteroatoms. The van der Waals surface area contributed by atoms with E-state index in [9.17, 15) is 13.6 Å². The van der Waals surface area contributed by atoms with E-state index in [0.717, 1.165) is 29.6 Å². The SMILES string of the molecule is COc1ccc(SC(C)C(=O)NCC2(c3ccc(F)cc3F)CC2)cc1. The van der Waals surface area contributed by atoms with Gasteiger partial charge in [0.2, 0.25) is 5.91 Å². The highest BCUT2D eigenvalue weighted by atomic mass is 32.2. The average molecular weight is 377 g/mol. The lowest BCUT2D eigenvalue weighted by Crippen LogP contribution is -2.37. The Morgan fingerprint density at radius 1 is 1.23 bits per heavy atom. The fraction of sp³-hybridized carbons (Fsp3) is 0.350. The second kappa shape index (κ2) is 7.66. The molecule has 3 rings (SSSR count). The summed E-state index contributed by atoms with van der Waals surface area (Å²) in [5.41, 5.74) is 0.0763. The van der Waals surface area contributed by atoms with E-state index in [1.54, 1.807) is 7.11 Å². The Balaban J connectivity index is 1.57. The van der Waals surface area contributed by atoms with Crippen molar-refractivity contribution in [3.63, 3.8) is 0 Å². The summed E-state index contributed by atoms with van der Waals surface area (Å²) in [6, 6.07) is 11.2. The smallest absolute Gasteiger partial charge is 0.233 e. The standard InChI is InChI=1S/C20H21F2NO2S/c1-13(26-16-6-4-15(25-2)5-7-16)19(24)23-12-20(9-10-20)17-8-3-14(21)11-18(17)22/h3-8,11,13H,9-10,12H2,1-2H3,(H,23,24). The van der Waals surface area contributed by atoms with Gasteiger partial charge in [0, 0.05) is 22.9 Å². The third-order valence-corrected chi connectivity index (χ3v) is 5.81. The van der Waals surface area contributed by atoms with E-state index in [4.69, 9.17) is 4.74 Å². The first kappa shape index (κ1) is 18.7. The molecular weight excluding hydrogens is 356 g/mol. The Hall–Kier alpha value is -2.08. The molecule has 1 fully saturated rings. The van der Waals surface area contributed by atoms with Gasteiger partial charge >= 0.3 is 0 Å². The van der Waals surface area contributed by atoms with Crippen LogP contribution in [0.25, 0.3) is 0 Å². The molecular formula is C20H21F2NO2S. The van der Waals surface area contributed by atoms with E-state index in [-0.39, 0.29) is 11.2 Å². The van der Waals surface area contributed by atoms with Crippen LogP contribution in [-0.4, -0.2) is 24.8 Å². The first-order valence-electron chi connectivity index (χ1n) is 8.47. The van der Waals surface area contributed by atoms with Gasteiger partial charge in [0.1, 0.15) is 17.4 Å². The minimum absolute atomic E-state index is 0.0976. The summed E-state index contributed by atoms with van der Waals surface area (Å²) in [4.78, 5) is 13.4. The number of methoxy groups -OCH3 is 1. The van der Waals surface area contributed by atoms with Crippen LogP contribution < -0.4 is 10.1 Å². The summed E-state index contributed by atoms with van der Waals surface area (Å²) in [5, 5.41) is 2.64. The number of benzene rings is 2. The van der Waals surface area contributed by atoms with Gasteiger partial charge in [-0.1, -0.05) is 6.07 Å². The predicted molar refractivity (Wildman–Crippen MR) is 98.6 cm³/mol. The van der Waals surface area contributed by atoms with Crippen molar-refractivity contribution in [2.24, 2.45) is 0 Å². The van der Waals surface area contributed by atoms with Gasteiger partial charge in [0.15, 0.2) is 0 Å². The van der Waals surface area contributed by atoms with Gasteiger partial charge in [-0.15, -0.1) is 11.8 Å². The lowest BCUT2D eigenvalue weighted by Gasteiger charge is -2.19. The molecule has 0 heterocycles. The summed E-state index contributed by atoms with van der Waals surface area (Å²) < 4.78 is 32.3. The number of carbonyl (C=O) groups is 1. The molecule has 1 unspecified atom stereocenters. The van der Waals surface area contributed by atoms with Crippen LogP contribution in [0.4, 0.5) is 8.78 Å². The van der Waals surface area contributed by atoms with Crippen LogP contribution in [0.3, 0.4) is 0 Å². The molecule has 0 aromatic heterocycles. The van der Waals surface area contributed by atoms with E-state index < -0.39 is 17.0 Å². The number of amides is 1. The molecule has 1 atom stereocenters. The number of ether oxygens (including phenoxy) is 1. The average Bonchev–Trinajstić information content (AvgIpc) is 3.41. The highest BCUT2D eigenvalue weighted by molar-refractivity contribution is 8.00. The third-order valence-electron chi connectivity index (χ3n) is 4.70. The zero-order valence-electron chi connectivity index (χ0n) is 14.7. The quantitative estimate of drug-likeness (QED) is 0.731. The molecule has 0 saturated heterocycles. The maximum atomic E-state index is 14.1. The van der Waals surface area contributed by atoms with Crippen LogP contribution in [-0.2, 0) is 10.2 Å². The van der Waals surface area contributed by atoms with Crippen LogP contribution in [0.1, 0.15) is 25.3 Å². The summed E-state index contributed by atoms with van der Waals surface area (Å²) in [6.45, 7) is 2.20. The highest BCUT2D eigenvalue weighted by Gasteiger charge is 2.46. The second-order valence-electron chi connectivity index (χ2n) is 6.56. The van der Waals surface area contributed by atoms with Gasteiger partial charge in [-0.2, -0.15) is 0 Å². The zero-order chi connectivity index (χ0) is 18.7. The lowest BCUT2D eigenvalue weighted by atomic mass is 9.95. The number of nitrogens with one attached hydrogen (secondary N) is 1. The first-order chi connectivity index (χ1) is 12.4. The number of halogens is 2. The van der Waals surface area contributed by atoms with Crippen LogP contribution in [0, 0.1) is 11.6 Å². The molecule has 138 valence electrons. The van der Waals surface area contributed by atoms with Gasteiger partial charge in [0.25, 0.3) is 0 Å². The van der Waals surface area contributed by atoms with Crippen molar-refractivity contribution < 1.29 is 18.3 Å². The van der Waals surface area contributed by atoms with Crippen molar-refractivity contribution in [1.82, 2.24) is 5.32 Å². The third kappa shape index (κ3) is 4.18. The Kier molecular flexibility index (Phi) is 5.51. The fourth-order valence-corrected chi connectivity index (χ4v) is 3.82. The van der Waals surface area contributed by atoms with Crippen molar-refractivity contribution in [3.05, 3.63) is 59.7 Å². The molecule has 0 spiro atoms. The van der Waals surface area contributed by atoms with Gasteiger partial charge in [-0.25, -0.2) is 8.78 Å². The van der Waals surface area contributed by atoms with Crippen LogP contribution >= 0.6 is 11.8 Å². The van der Waals surface area contributed by atoms with Crippen LogP contribution in [0.15, 0.2) is 47.4 Å². The van der Waals surface area contributed by atoms with E-state index in [1.807, 2.05) is 31.2 Å². The summed E-state index contributed by atoms with van der Waals surface area (Å²) in [7, 11) is 1.61. The van der Waals surface area contributed by atoms with Gasteiger partial charge in [-0.3, -0.25) is 4.79 Å². The number of hydrogen-bond donors (Lipinski definition) is 1. The van der Waals surface area contributed by atoms with E-state index in [0.29, 0.717) is 12.1 Å². The predicted octanol–water partition coefficient (Wildman–Crippen LogP) is 4.30. The Morgan fingerprint density at radius 3 is 2.50 bits per heavy atom. The monoisotopic (exact) mass is 377 g/mol. The van der Waals surface area contributed by atoms with Crippen LogP contribution in [0.2, 0.25) is 0 Å². The Morgan fingerprint density at radius 2 is 1.92 bits per heavy atom. The first-order valence-corrected chi connectivity index (χ1v) is 9.35. The molecule has 1 aliphatic carbocycles. The molecule has 1 aliphatic rings. The zero-order valence-corrected chi connectivity index (χ0v) is 15.5. The number of carbonyl (C=O) groups excluding carboxylic acids is 1. The fourth-order valence-electron chi connectivity index (χ4n) is 2.92. The van der Waals surface area contributed by atoms with E-state index >= 15 is 0 Å². The van der Waals surface area contributed by atoms with Crippen LogP contribution in [0.5, 0.6) is 5.75 Å². The van der Waals surface area contributed by atoms with Crippen molar-refractivity contribution in [1.29, 1.82) is 0 Å². The molecule has 1 saturated carbocycles. The molecule has 1 amide bonds. The molecule has 1 N–H and O–H groups in total. The minimum Gasteiger partial charge on any atom is -0.497 e. The summed E-state index contributed by atoms with van der Waals surface area (Å²) in [5.74, 6) is -0.462. The lowest BCUT2D eigenvalue weighted by molar-refractivity contribution is -0.120.